The molecule has 2 aliphatic carbocycles. The zero-order valence-corrected chi connectivity index (χ0v) is 50.9. The van der Waals surface area contributed by atoms with Gasteiger partial charge >= 0.3 is 0 Å². The van der Waals surface area contributed by atoms with E-state index >= 15 is 0 Å². The summed E-state index contributed by atoms with van der Waals surface area (Å²) < 4.78 is 2.50. The summed E-state index contributed by atoms with van der Waals surface area (Å²) >= 11 is 0. The minimum atomic E-state index is -0.153. The van der Waals surface area contributed by atoms with E-state index in [-0.39, 0.29) is 21.8 Å². The van der Waals surface area contributed by atoms with Crippen molar-refractivity contribution in [2.45, 2.75) is 288 Å². The lowest BCUT2D eigenvalue weighted by atomic mass is 9.72. The molecule has 0 saturated heterocycles. The maximum atomic E-state index is 8.15. The lowest BCUT2D eigenvalue weighted by molar-refractivity contribution is 0.180. The molecule has 0 spiro atoms. The van der Waals surface area contributed by atoms with E-state index in [2.05, 4.69) is 227 Å². The van der Waals surface area contributed by atoms with Crippen molar-refractivity contribution in [2.75, 3.05) is 0 Å². The predicted octanol–water partition coefficient (Wildman–Crippen LogP) is 22.1. The van der Waals surface area contributed by atoms with Crippen molar-refractivity contribution >= 4 is 21.8 Å². The van der Waals surface area contributed by atoms with Crippen molar-refractivity contribution in [2.24, 2.45) is 50.2 Å². The Morgan fingerprint density at radius 3 is 0.940 bits per heavy atom. The van der Waals surface area contributed by atoms with Crippen molar-refractivity contribution in [3.8, 4) is 6.07 Å². The molecular formula is C65H118N2. The second-order valence-electron chi connectivity index (χ2n) is 31.3. The Kier molecular flexibility index (Phi) is 24.4. The van der Waals surface area contributed by atoms with Crippen molar-refractivity contribution in [1.29, 1.82) is 5.26 Å². The molecule has 1 aromatic heterocycles. The number of hydrogen-bond donors (Lipinski definition) is 0. The fourth-order valence-electron chi connectivity index (χ4n) is 10.3. The summed E-state index contributed by atoms with van der Waals surface area (Å²) in [6.07, 6.45) is 15.9. The van der Waals surface area contributed by atoms with Crippen molar-refractivity contribution in [1.82, 2.24) is 4.57 Å². The van der Waals surface area contributed by atoms with Gasteiger partial charge in [-0.1, -0.05) is 203 Å². The zero-order chi connectivity index (χ0) is 53.0. The molecule has 0 N–H and O–H groups in total. The standard InChI is InChI=1S/C24H33N.C10H20.C9H18.C9H20.C8H18.C5H9N/c1-22(2,3)16-10-12-20-18(14-16)19-15-17(23(4,5)6)11-13-21(19)25(20)24(7,8)9;1-10(2,3)9-7-5-4-6-8-9;1-9(2,3)8-6-4-5-7-8;1-8(2,3)7-9(4,5)6;1-7(2)6-8(3,4)5;1-5(2,3)4-6/h10-15H,1-9H3;9H,4-8H2,1-3H3;8H,4-7H2,1-3H3;7H2,1-6H3;7H,6H2,1-5H3;1-3H3. The Morgan fingerprint density at radius 2 is 0.776 bits per heavy atom. The Morgan fingerprint density at radius 1 is 0.478 bits per heavy atom. The Hall–Kier alpha value is -2.27. The van der Waals surface area contributed by atoms with Crippen LogP contribution in [0.1, 0.15) is 283 Å². The molecule has 3 aromatic rings. The van der Waals surface area contributed by atoms with Crippen LogP contribution in [0.25, 0.3) is 21.8 Å². The monoisotopic (exact) mass is 927 g/mol. The highest BCUT2D eigenvalue weighted by molar-refractivity contribution is 6.09. The average molecular weight is 928 g/mol. The maximum Gasteiger partial charge on any atom is 0.0680 e. The normalized spacial score (nSPS) is 16.0. The first-order valence-electron chi connectivity index (χ1n) is 27.2. The molecule has 0 radical (unpaired) electrons. The van der Waals surface area contributed by atoms with Crippen LogP contribution in [-0.2, 0) is 16.4 Å². The third-order valence-corrected chi connectivity index (χ3v) is 13.0. The smallest absolute Gasteiger partial charge is 0.0680 e. The highest BCUT2D eigenvalue weighted by Gasteiger charge is 2.28. The number of aromatic nitrogens is 1. The maximum absolute atomic E-state index is 8.15. The van der Waals surface area contributed by atoms with Gasteiger partial charge in [0.1, 0.15) is 0 Å². The number of benzene rings is 2. The van der Waals surface area contributed by atoms with Crippen LogP contribution in [-0.4, -0.2) is 4.57 Å². The zero-order valence-electron chi connectivity index (χ0n) is 50.9. The molecular weight excluding hydrogens is 809 g/mol. The molecule has 0 atom stereocenters. The fourth-order valence-corrected chi connectivity index (χ4v) is 10.3. The first-order chi connectivity index (χ1) is 29.7. The van der Waals surface area contributed by atoms with Crippen LogP contribution in [0.4, 0.5) is 0 Å². The van der Waals surface area contributed by atoms with Crippen LogP contribution in [0.3, 0.4) is 0 Å². The Balaban J connectivity index is 0.000000866. The SMILES string of the molecule is CC(C)(C)C#N.CC(C)(C)C1CCCC1.CC(C)(C)C1CCCCC1.CC(C)(C)CC(C)(C)C.CC(C)(C)c1ccc2c(c1)c1cc(C(C)(C)C)ccc1n2C(C)(C)C.CC(C)CC(C)(C)C. The molecule has 0 aliphatic heterocycles. The van der Waals surface area contributed by atoms with E-state index in [1.54, 1.807) is 0 Å². The summed E-state index contributed by atoms with van der Waals surface area (Å²) in [4.78, 5) is 0. The van der Waals surface area contributed by atoms with E-state index in [1.807, 2.05) is 20.8 Å². The van der Waals surface area contributed by atoms with Gasteiger partial charge in [0.05, 0.1) is 6.07 Å². The first kappa shape index (κ1) is 64.7. The number of rotatable bonds is 1. The molecule has 2 saturated carbocycles. The number of nitriles is 1. The number of fused-ring (bicyclic) bond motifs is 3. The van der Waals surface area contributed by atoms with E-state index in [0.717, 1.165) is 17.8 Å². The first-order valence-corrected chi connectivity index (χ1v) is 27.2. The van der Waals surface area contributed by atoms with Crippen LogP contribution in [0, 0.1) is 61.6 Å². The van der Waals surface area contributed by atoms with E-state index in [9.17, 15) is 0 Å². The van der Waals surface area contributed by atoms with Crippen molar-refractivity contribution in [3.63, 3.8) is 0 Å². The molecule has 2 aliphatic rings. The van der Waals surface area contributed by atoms with Crippen LogP contribution < -0.4 is 0 Å². The molecule has 2 fully saturated rings. The Bertz CT molecular complexity index is 1800. The lowest BCUT2D eigenvalue weighted by Gasteiger charge is -2.33. The van der Waals surface area contributed by atoms with Gasteiger partial charge in [-0.05, 0) is 171 Å². The molecule has 0 bridgehead atoms. The number of hydrogen-bond acceptors (Lipinski definition) is 1. The van der Waals surface area contributed by atoms with Crippen molar-refractivity contribution < 1.29 is 0 Å². The predicted molar refractivity (Wildman–Crippen MR) is 307 cm³/mol. The van der Waals surface area contributed by atoms with Gasteiger partial charge in [0.15, 0.2) is 0 Å². The third kappa shape index (κ3) is 27.1. The molecule has 0 amide bonds. The van der Waals surface area contributed by atoms with E-state index in [4.69, 9.17) is 5.26 Å². The summed E-state index contributed by atoms with van der Waals surface area (Å²) in [7, 11) is 0. The highest BCUT2D eigenvalue weighted by Crippen LogP contribution is 2.41. The summed E-state index contributed by atoms with van der Waals surface area (Å²) in [6, 6.07) is 16.2. The number of nitrogens with zero attached hydrogens (tertiary/aromatic N) is 2. The lowest BCUT2D eigenvalue weighted by Crippen LogP contribution is -2.22. The van der Waals surface area contributed by atoms with E-state index < -0.39 is 0 Å². The molecule has 2 aromatic carbocycles. The van der Waals surface area contributed by atoms with Gasteiger partial charge in [0.2, 0.25) is 0 Å². The summed E-state index contributed by atoms with van der Waals surface area (Å²) in [5.74, 6) is 2.86. The quantitative estimate of drug-likeness (QED) is 0.239. The minimum Gasteiger partial charge on any atom is -0.335 e. The van der Waals surface area contributed by atoms with Crippen molar-refractivity contribution in [3.05, 3.63) is 47.5 Å². The molecule has 5 rings (SSSR count). The highest BCUT2D eigenvalue weighted by atomic mass is 15.0. The minimum absolute atomic E-state index is 0.0481. The van der Waals surface area contributed by atoms with Crippen LogP contribution in [0.2, 0.25) is 0 Å². The van der Waals surface area contributed by atoms with Gasteiger partial charge in [-0.3, -0.25) is 0 Å². The molecule has 67 heavy (non-hydrogen) atoms. The van der Waals surface area contributed by atoms with Crippen LogP contribution >= 0.6 is 0 Å². The molecule has 2 nitrogen and oxygen atoms in total. The van der Waals surface area contributed by atoms with E-state index in [0.29, 0.717) is 27.1 Å². The largest absolute Gasteiger partial charge is 0.335 e. The van der Waals surface area contributed by atoms with Gasteiger partial charge in [-0.2, -0.15) is 5.26 Å². The van der Waals surface area contributed by atoms with Gasteiger partial charge in [-0.15, -0.1) is 0 Å². The average Bonchev–Trinajstić information content (AvgIpc) is 3.76. The van der Waals surface area contributed by atoms with Gasteiger partial charge < -0.3 is 4.57 Å². The molecule has 1 heterocycles. The Labute approximate surface area is 421 Å². The fraction of sp³-hybridized carbons (Fsp3) is 0.800. The van der Waals surface area contributed by atoms with E-state index in [1.165, 1.54) is 104 Å². The molecule has 2 heteroatoms. The molecule has 0 unspecified atom stereocenters. The second-order valence-corrected chi connectivity index (χ2v) is 31.3. The van der Waals surface area contributed by atoms with Crippen LogP contribution in [0.5, 0.6) is 0 Å². The summed E-state index contributed by atoms with van der Waals surface area (Å²) in [5.41, 5.74) is 8.32. The topological polar surface area (TPSA) is 28.7 Å². The summed E-state index contributed by atoms with van der Waals surface area (Å²) in [6.45, 7) is 65.6. The van der Waals surface area contributed by atoms with Gasteiger partial charge in [0, 0.05) is 32.8 Å². The second kappa shape index (κ2) is 25.2. The van der Waals surface area contributed by atoms with Crippen LogP contribution in [0.15, 0.2) is 36.4 Å². The molecule has 388 valence electrons. The van der Waals surface area contributed by atoms with Gasteiger partial charge in [0.25, 0.3) is 0 Å². The third-order valence-electron chi connectivity index (χ3n) is 13.0. The van der Waals surface area contributed by atoms with Gasteiger partial charge in [-0.25, -0.2) is 0 Å². The summed E-state index contributed by atoms with van der Waals surface area (Å²) in [5, 5.41) is 10.9.